The van der Waals surface area contributed by atoms with Crippen molar-refractivity contribution in [2.75, 3.05) is 13.1 Å². The van der Waals surface area contributed by atoms with Gasteiger partial charge in [-0.2, -0.15) is 0 Å². The van der Waals surface area contributed by atoms with Crippen LogP contribution < -0.4 is 5.32 Å². The van der Waals surface area contributed by atoms with Gasteiger partial charge >= 0.3 is 0 Å². The Bertz CT molecular complexity index is 1020. The predicted octanol–water partition coefficient (Wildman–Crippen LogP) is 3.88. The average molecular weight is 403 g/mol. The minimum atomic E-state index is -0.625. The van der Waals surface area contributed by atoms with Crippen LogP contribution in [0.25, 0.3) is 10.1 Å². The van der Waals surface area contributed by atoms with E-state index in [1.54, 1.807) is 17.0 Å². The molecule has 0 radical (unpaired) electrons. The summed E-state index contributed by atoms with van der Waals surface area (Å²) in [7, 11) is 0. The van der Waals surface area contributed by atoms with Crippen molar-refractivity contribution >= 4 is 44.8 Å². The van der Waals surface area contributed by atoms with Crippen molar-refractivity contribution in [3.8, 4) is 0 Å². The van der Waals surface area contributed by atoms with Crippen LogP contribution in [0, 0.1) is 5.82 Å². The largest absolute Gasteiger partial charge is 0.353 e. The third-order valence-electron chi connectivity index (χ3n) is 4.66. The fraction of sp³-hybridized carbons (Fsp3) is 0.200. The van der Waals surface area contributed by atoms with Crippen molar-refractivity contribution in [1.29, 1.82) is 0 Å². The molecule has 1 N–H and O–H groups in total. The number of halogens is 2. The first-order valence-corrected chi connectivity index (χ1v) is 9.75. The lowest BCUT2D eigenvalue weighted by Crippen LogP contribution is -2.58. The molecule has 0 bridgehead atoms. The van der Waals surface area contributed by atoms with Crippen molar-refractivity contribution < 1.29 is 14.0 Å². The lowest BCUT2D eigenvalue weighted by Gasteiger charge is -2.35. The zero-order valence-corrected chi connectivity index (χ0v) is 15.8. The zero-order chi connectivity index (χ0) is 19.0. The number of nitrogens with zero attached hydrogens (tertiary/aromatic N) is 1. The fourth-order valence-corrected chi connectivity index (χ4v) is 4.85. The van der Waals surface area contributed by atoms with Crippen LogP contribution >= 0.6 is 22.9 Å². The van der Waals surface area contributed by atoms with Crippen LogP contribution in [0.1, 0.15) is 15.2 Å². The fourth-order valence-electron chi connectivity index (χ4n) is 3.34. The first-order chi connectivity index (χ1) is 13.1. The van der Waals surface area contributed by atoms with Crippen LogP contribution in [-0.2, 0) is 11.2 Å². The second-order valence-electron chi connectivity index (χ2n) is 6.35. The average Bonchev–Trinajstić information content (AvgIpc) is 3.01. The van der Waals surface area contributed by atoms with Crippen molar-refractivity contribution in [2.45, 2.75) is 12.5 Å². The predicted molar refractivity (Wildman–Crippen MR) is 105 cm³/mol. The van der Waals surface area contributed by atoms with Crippen molar-refractivity contribution in [1.82, 2.24) is 10.2 Å². The maximum Gasteiger partial charge on any atom is 0.266 e. The summed E-state index contributed by atoms with van der Waals surface area (Å²) in [6.07, 6.45) is 0.412. The Morgan fingerprint density at radius 1 is 1.22 bits per heavy atom. The molecule has 0 spiro atoms. The summed E-state index contributed by atoms with van der Waals surface area (Å²) in [5, 5.41) is 3.19. The molecule has 1 aliphatic rings. The van der Waals surface area contributed by atoms with Gasteiger partial charge in [0.2, 0.25) is 5.91 Å². The molecule has 1 atom stereocenters. The topological polar surface area (TPSA) is 49.4 Å². The van der Waals surface area contributed by atoms with E-state index in [4.69, 9.17) is 11.6 Å². The van der Waals surface area contributed by atoms with E-state index < -0.39 is 11.9 Å². The molecule has 2 aromatic carbocycles. The van der Waals surface area contributed by atoms with Crippen LogP contribution in [-0.4, -0.2) is 35.8 Å². The Hall–Kier alpha value is -2.44. The van der Waals surface area contributed by atoms with E-state index in [0.717, 1.165) is 16.9 Å². The molecule has 27 heavy (non-hydrogen) atoms. The maximum absolute atomic E-state index is 14.1. The Morgan fingerprint density at radius 2 is 2.00 bits per heavy atom. The summed E-state index contributed by atoms with van der Waals surface area (Å²) in [4.78, 5) is 27.5. The molecular formula is C20H16ClFN2O2S. The smallest absolute Gasteiger partial charge is 0.266 e. The van der Waals surface area contributed by atoms with E-state index in [9.17, 15) is 14.0 Å². The summed E-state index contributed by atoms with van der Waals surface area (Å²) < 4.78 is 14.7. The lowest BCUT2D eigenvalue weighted by atomic mass is 10.0. The molecule has 1 fully saturated rings. The number of hydrogen-bond donors (Lipinski definition) is 1. The van der Waals surface area contributed by atoms with Gasteiger partial charge in [0, 0.05) is 29.6 Å². The first kappa shape index (κ1) is 17.9. The highest BCUT2D eigenvalue weighted by atomic mass is 35.5. The minimum Gasteiger partial charge on any atom is -0.353 e. The van der Waals surface area contributed by atoms with Crippen molar-refractivity contribution in [3.05, 3.63) is 69.8 Å². The summed E-state index contributed by atoms with van der Waals surface area (Å²) in [6.45, 7) is 0.766. The number of amides is 2. The Labute approximate surface area is 164 Å². The number of fused-ring (bicyclic) bond motifs is 1. The van der Waals surface area contributed by atoms with E-state index in [1.165, 1.54) is 6.07 Å². The zero-order valence-electron chi connectivity index (χ0n) is 14.2. The highest BCUT2D eigenvalue weighted by Crippen LogP contribution is 2.38. The van der Waals surface area contributed by atoms with Crippen LogP contribution in [0.15, 0.2) is 48.5 Å². The third kappa shape index (κ3) is 3.31. The van der Waals surface area contributed by atoms with E-state index in [1.807, 2.05) is 30.3 Å². The van der Waals surface area contributed by atoms with Gasteiger partial charge in [0.25, 0.3) is 5.91 Å². The van der Waals surface area contributed by atoms with Gasteiger partial charge in [0.15, 0.2) is 0 Å². The Kier molecular flexibility index (Phi) is 4.85. The second-order valence-corrected chi connectivity index (χ2v) is 7.78. The highest BCUT2D eigenvalue weighted by Gasteiger charge is 2.35. The van der Waals surface area contributed by atoms with Crippen molar-refractivity contribution in [2.24, 2.45) is 0 Å². The van der Waals surface area contributed by atoms with Gasteiger partial charge in [-0.1, -0.05) is 48.0 Å². The van der Waals surface area contributed by atoms with Crippen molar-refractivity contribution in [3.63, 3.8) is 0 Å². The summed E-state index contributed by atoms with van der Waals surface area (Å²) in [5.74, 6) is -0.983. The molecule has 4 rings (SSSR count). The molecule has 7 heteroatoms. The molecule has 138 valence electrons. The first-order valence-electron chi connectivity index (χ1n) is 8.55. The van der Waals surface area contributed by atoms with Crippen LogP contribution in [0.2, 0.25) is 5.02 Å². The molecule has 1 aliphatic heterocycles. The normalized spacial score (nSPS) is 17.2. The van der Waals surface area contributed by atoms with Crippen LogP contribution in [0.3, 0.4) is 0 Å². The second kappa shape index (κ2) is 7.29. The van der Waals surface area contributed by atoms with E-state index in [-0.39, 0.29) is 27.1 Å². The van der Waals surface area contributed by atoms with Gasteiger partial charge in [0.05, 0.1) is 5.02 Å². The van der Waals surface area contributed by atoms with Crippen LogP contribution in [0.5, 0.6) is 0 Å². The quantitative estimate of drug-likeness (QED) is 0.722. The number of rotatable bonds is 3. The van der Waals surface area contributed by atoms with E-state index in [0.29, 0.717) is 24.2 Å². The monoisotopic (exact) mass is 402 g/mol. The molecule has 1 aromatic heterocycles. The van der Waals surface area contributed by atoms with Crippen LogP contribution in [0.4, 0.5) is 4.39 Å². The van der Waals surface area contributed by atoms with Gasteiger partial charge in [0.1, 0.15) is 16.7 Å². The van der Waals surface area contributed by atoms with Gasteiger partial charge in [-0.25, -0.2) is 4.39 Å². The molecule has 2 heterocycles. The number of benzene rings is 2. The Morgan fingerprint density at radius 3 is 2.74 bits per heavy atom. The summed E-state index contributed by atoms with van der Waals surface area (Å²) in [5.41, 5.74) is 0.964. The molecule has 0 aliphatic carbocycles. The number of piperazine rings is 1. The van der Waals surface area contributed by atoms with Gasteiger partial charge in [-0.3, -0.25) is 9.59 Å². The van der Waals surface area contributed by atoms with Gasteiger partial charge in [-0.15, -0.1) is 11.3 Å². The minimum absolute atomic E-state index is 0.113. The number of carbonyl (C=O) groups is 2. The molecular weight excluding hydrogens is 387 g/mol. The number of thiophene rings is 1. The van der Waals surface area contributed by atoms with E-state index >= 15 is 0 Å². The number of carbonyl (C=O) groups excluding carboxylic acids is 2. The molecule has 0 saturated carbocycles. The lowest BCUT2D eigenvalue weighted by molar-refractivity contribution is -0.127. The van der Waals surface area contributed by atoms with Gasteiger partial charge < -0.3 is 10.2 Å². The number of hydrogen-bond acceptors (Lipinski definition) is 3. The SMILES string of the molecule is O=C1NCCN(C(=O)c2sc3cccc(F)c3c2Cl)C1Cc1ccccc1. The molecule has 4 nitrogen and oxygen atoms in total. The third-order valence-corrected chi connectivity index (χ3v) is 6.30. The molecule has 2 amide bonds. The molecule has 3 aromatic rings. The highest BCUT2D eigenvalue weighted by molar-refractivity contribution is 7.21. The summed E-state index contributed by atoms with van der Waals surface area (Å²) in [6, 6.07) is 13.6. The number of nitrogens with one attached hydrogen (secondary N) is 1. The molecule has 1 unspecified atom stereocenters. The standard InChI is InChI=1S/C20H16ClFN2O2S/c21-17-16-13(22)7-4-8-15(16)27-18(17)20(26)24-10-9-23-19(25)14(24)11-12-5-2-1-3-6-12/h1-8,14H,9-11H2,(H,23,25). The van der Waals surface area contributed by atoms with E-state index in [2.05, 4.69) is 5.32 Å². The Balaban J connectivity index is 1.69. The van der Waals surface area contributed by atoms with Gasteiger partial charge in [-0.05, 0) is 17.7 Å². The molecule has 1 saturated heterocycles. The summed E-state index contributed by atoms with van der Waals surface area (Å²) >= 11 is 7.50. The maximum atomic E-state index is 14.1.